The van der Waals surface area contributed by atoms with E-state index in [4.69, 9.17) is 0 Å². The van der Waals surface area contributed by atoms with Crippen LogP contribution >= 0.6 is 0 Å². The minimum Gasteiger partial charge on any atom is -0.369 e. The van der Waals surface area contributed by atoms with Crippen molar-refractivity contribution in [2.75, 3.05) is 11.9 Å². The van der Waals surface area contributed by atoms with E-state index in [1.54, 1.807) is 6.33 Å². The molecular weight excluding hydrogens is 246 g/mol. The number of unbranched alkanes of at least 4 members (excludes halogenated alkanes) is 1. The number of hydrogen-bond acceptors (Lipinski definition) is 3. The van der Waals surface area contributed by atoms with Gasteiger partial charge in [0.15, 0.2) is 0 Å². The summed E-state index contributed by atoms with van der Waals surface area (Å²) in [5.41, 5.74) is 2.66. The number of aromatic nitrogens is 2. The maximum atomic E-state index is 4.50. The zero-order valence-corrected chi connectivity index (χ0v) is 13.1. The van der Waals surface area contributed by atoms with Gasteiger partial charge < -0.3 is 5.32 Å². The van der Waals surface area contributed by atoms with Crippen LogP contribution in [-0.4, -0.2) is 16.5 Å². The van der Waals surface area contributed by atoms with E-state index in [0.717, 1.165) is 31.1 Å². The fourth-order valence-electron chi connectivity index (χ4n) is 3.03. The number of nitrogens with one attached hydrogen (secondary N) is 1. The minimum absolute atomic E-state index is 0.770. The van der Waals surface area contributed by atoms with Crippen molar-refractivity contribution in [3.63, 3.8) is 0 Å². The Morgan fingerprint density at radius 2 is 2.00 bits per heavy atom. The van der Waals surface area contributed by atoms with Crippen molar-refractivity contribution in [1.29, 1.82) is 0 Å². The van der Waals surface area contributed by atoms with Gasteiger partial charge in [-0.15, -0.1) is 0 Å². The lowest BCUT2D eigenvalue weighted by molar-refractivity contribution is 0.472. The normalized spacial score (nSPS) is 16.3. The molecule has 1 aromatic rings. The van der Waals surface area contributed by atoms with Crippen LogP contribution in [0.5, 0.6) is 0 Å². The first-order valence-electron chi connectivity index (χ1n) is 8.41. The maximum Gasteiger partial charge on any atom is 0.132 e. The molecule has 0 saturated heterocycles. The van der Waals surface area contributed by atoms with E-state index in [-0.39, 0.29) is 0 Å². The van der Waals surface area contributed by atoms with E-state index >= 15 is 0 Å². The number of nitrogens with zero attached hydrogens (tertiary/aromatic N) is 2. The Morgan fingerprint density at radius 3 is 2.80 bits per heavy atom. The van der Waals surface area contributed by atoms with Crippen LogP contribution in [0.2, 0.25) is 0 Å². The number of aryl methyl sites for hydroxylation is 1. The fraction of sp³-hybridized carbons (Fsp3) is 0.765. The lowest BCUT2D eigenvalue weighted by Crippen LogP contribution is -2.16. The smallest absolute Gasteiger partial charge is 0.132 e. The average Bonchev–Trinajstić information content (AvgIpc) is 2.73. The minimum atomic E-state index is 0.770. The summed E-state index contributed by atoms with van der Waals surface area (Å²) in [4.78, 5) is 8.98. The highest BCUT2D eigenvalue weighted by Gasteiger charge is 2.15. The third kappa shape index (κ3) is 4.19. The Bertz CT molecular complexity index is 403. The van der Waals surface area contributed by atoms with Gasteiger partial charge in [0.05, 0.1) is 0 Å². The standard InChI is InChI=1S/C17H29N3/c1-3-5-9-14(4-2)12-18-17-15-10-7-6-8-11-16(15)19-13-20-17/h13-14H,3-12H2,1-2H3,(H,18,19,20). The zero-order chi connectivity index (χ0) is 14.2. The summed E-state index contributed by atoms with van der Waals surface area (Å²) < 4.78 is 0. The van der Waals surface area contributed by atoms with Gasteiger partial charge in [-0.3, -0.25) is 0 Å². The van der Waals surface area contributed by atoms with Crippen molar-refractivity contribution in [3.8, 4) is 0 Å². The first-order valence-corrected chi connectivity index (χ1v) is 8.41. The lowest BCUT2D eigenvalue weighted by atomic mass is 9.99. The summed E-state index contributed by atoms with van der Waals surface area (Å²) in [6.07, 6.45) is 13.1. The number of fused-ring (bicyclic) bond motifs is 1. The van der Waals surface area contributed by atoms with Crippen LogP contribution in [-0.2, 0) is 12.8 Å². The van der Waals surface area contributed by atoms with Crippen molar-refractivity contribution in [2.45, 2.75) is 71.6 Å². The van der Waals surface area contributed by atoms with Crippen molar-refractivity contribution in [1.82, 2.24) is 9.97 Å². The molecule has 0 amide bonds. The topological polar surface area (TPSA) is 37.8 Å². The van der Waals surface area contributed by atoms with Crippen LogP contribution in [0.3, 0.4) is 0 Å². The first-order chi connectivity index (χ1) is 9.85. The lowest BCUT2D eigenvalue weighted by Gasteiger charge is -2.18. The average molecular weight is 275 g/mol. The molecule has 1 heterocycles. The Kier molecular flexibility index (Phi) is 6.28. The van der Waals surface area contributed by atoms with E-state index in [1.807, 2.05) is 0 Å². The summed E-state index contributed by atoms with van der Waals surface area (Å²) in [6.45, 7) is 5.62. The second kappa shape index (κ2) is 8.23. The molecule has 1 aliphatic carbocycles. The van der Waals surface area contributed by atoms with Gasteiger partial charge in [0.25, 0.3) is 0 Å². The quantitative estimate of drug-likeness (QED) is 0.751. The Balaban J connectivity index is 1.98. The van der Waals surface area contributed by atoms with E-state index in [9.17, 15) is 0 Å². The third-order valence-electron chi connectivity index (χ3n) is 4.48. The molecule has 1 aliphatic rings. The molecule has 0 saturated carbocycles. The predicted molar refractivity (Wildman–Crippen MR) is 85.1 cm³/mol. The van der Waals surface area contributed by atoms with E-state index < -0.39 is 0 Å². The number of anilines is 1. The molecule has 2 rings (SSSR count). The van der Waals surface area contributed by atoms with E-state index in [1.165, 1.54) is 56.2 Å². The van der Waals surface area contributed by atoms with Gasteiger partial charge in [-0.1, -0.05) is 39.5 Å². The van der Waals surface area contributed by atoms with Crippen LogP contribution in [0.1, 0.15) is 70.1 Å². The largest absolute Gasteiger partial charge is 0.369 e. The molecule has 112 valence electrons. The molecule has 0 aliphatic heterocycles. The van der Waals surface area contributed by atoms with Crippen molar-refractivity contribution >= 4 is 5.82 Å². The summed E-state index contributed by atoms with van der Waals surface area (Å²) in [5, 5.41) is 3.61. The highest BCUT2D eigenvalue weighted by Crippen LogP contribution is 2.24. The third-order valence-corrected chi connectivity index (χ3v) is 4.48. The molecule has 0 fully saturated rings. The van der Waals surface area contributed by atoms with Gasteiger partial charge in [0.2, 0.25) is 0 Å². The molecule has 3 nitrogen and oxygen atoms in total. The summed E-state index contributed by atoms with van der Waals surface area (Å²) in [6, 6.07) is 0. The van der Waals surface area contributed by atoms with Gasteiger partial charge in [0.1, 0.15) is 12.1 Å². The number of rotatable bonds is 7. The van der Waals surface area contributed by atoms with Crippen LogP contribution < -0.4 is 5.32 Å². The van der Waals surface area contributed by atoms with E-state index in [0.29, 0.717) is 0 Å². The highest BCUT2D eigenvalue weighted by atomic mass is 15.0. The SMILES string of the molecule is CCCCC(CC)CNc1ncnc2c1CCCCC2. The molecule has 20 heavy (non-hydrogen) atoms. The second-order valence-corrected chi connectivity index (χ2v) is 6.01. The summed E-state index contributed by atoms with van der Waals surface area (Å²) >= 11 is 0. The Labute approximate surface area is 123 Å². The molecule has 1 N–H and O–H groups in total. The monoisotopic (exact) mass is 275 g/mol. The van der Waals surface area contributed by atoms with Crippen LogP contribution in [0.25, 0.3) is 0 Å². The molecule has 0 radical (unpaired) electrons. The highest BCUT2D eigenvalue weighted by molar-refractivity contribution is 5.46. The Hall–Kier alpha value is -1.12. The van der Waals surface area contributed by atoms with Crippen LogP contribution in [0.15, 0.2) is 6.33 Å². The predicted octanol–water partition coefficient (Wildman–Crippen LogP) is 4.37. The zero-order valence-electron chi connectivity index (χ0n) is 13.1. The van der Waals surface area contributed by atoms with Crippen LogP contribution in [0.4, 0.5) is 5.82 Å². The second-order valence-electron chi connectivity index (χ2n) is 6.01. The molecule has 0 aromatic carbocycles. The molecule has 1 atom stereocenters. The van der Waals surface area contributed by atoms with Gasteiger partial charge in [-0.2, -0.15) is 0 Å². The van der Waals surface area contributed by atoms with Crippen molar-refractivity contribution < 1.29 is 0 Å². The summed E-state index contributed by atoms with van der Waals surface area (Å²) in [7, 11) is 0. The molecule has 1 aromatic heterocycles. The van der Waals surface area contributed by atoms with Crippen molar-refractivity contribution in [2.24, 2.45) is 5.92 Å². The van der Waals surface area contributed by atoms with Gasteiger partial charge in [0, 0.05) is 17.8 Å². The molecule has 0 spiro atoms. The van der Waals surface area contributed by atoms with Gasteiger partial charge in [-0.05, 0) is 38.0 Å². The van der Waals surface area contributed by atoms with Crippen molar-refractivity contribution in [3.05, 3.63) is 17.6 Å². The molecule has 1 unspecified atom stereocenters. The summed E-state index contributed by atoms with van der Waals surface area (Å²) in [5.74, 6) is 1.87. The first kappa shape index (κ1) is 15.3. The molecular formula is C17H29N3. The number of hydrogen-bond donors (Lipinski definition) is 1. The molecule has 0 bridgehead atoms. The van der Waals surface area contributed by atoms with Gasteiger partial charge in [-0.25, -0.2) is 9.97 Å². The van der Waals surface area contributed by atoms with Crippen LogP contribution in [0, 0.1) is 5.92 Å². The fourth-order valence-corrected chi connectivity index (χ4v) is 3.03. The van der Waals surface area contributed by atoms with Gasteiger partial charge >= 0.3 is 0 Å². The Morgan fingerprint density at radius 1 is 1.15 bits per heavy atom. The maximum absolute atomic E-state index is 4.50. The van der Waals surface area contributed by atoms with E-state index in [2.05, 4.69) is 29.1 Å². The molecule has 3 heteroatoms.